The summed E-state index contributed by atoms with van der Waals surface area (Å²) >= 11 is 1.12. The van der Waals surface area contributed by atoms with E-state index in [-0.39, 0.29) is 31.9 Å². The first-order valence-corrected chi connectivity index (χ1v) is 11.4. The monoisotopic (exact) mass is 487 g/mol. The molecule has 4 rings (SSSR count). The van der Waals surface area contributed by atoms with Crippen LogP contribution in [0.4, 0.5) is 0 Å². The molecule has 34 heavy (non-hydrogen) atoms. The number of ether oxygens (including phenoxy) is 2. The third kappa shape index (κ3) is 5.62. The van der Waals surface area contributed by atoms with Crippen LogP contribution in [0.5, 0.6) is 0 Å². The van der Waals surface area contributed by atoms with Crippen LogP contribution in [-0.2, 0) is 29.2 Å². The van der Waals surface area contributed by atoms with Crippen molar-refractivity contribution in [3.63, 3.8) is 0 Å². The number of carbonyl (C=O) groups is 1. The topological polar surface area (TPSA) is 131 Å². The van der Waals surface area contributed by atoms with Gasteiger partial charge in [-0.25, -0.2) is 9.78 Å². The van der Waals surface area contributed by atoms with Crippen LogP contribution in [0.25, 0.3) is 10.2 Å². The lowest BCUT2D eigenvalue weighted by Crippen LogP contribution is -2.35. The van der Waals surface area contributed by atoms with E-state index in [1.807, 2.05) is 11.0 Å². The molecule has 1 atom stereocenters. The zero-order valence-electron chi connectivity index (χ0n) is 18.8. The van der Waals surface area contributed by atoms with Crippen LogP contribution < -0.4 is 5.56 Å². The van der Waals surface area contributed by atoms with E-state index in [0.717, 1.165) is 11.3 Å². The number of aliphatic hydroxyl groups excluding tert-OH is 1. The number of H-pyrrole nitrogens is 1. The number of aromatic nitrogens is 2. The average molecular weight is 488 g/mol. The van der Waals surface area contributed by atoms with Gasteiger partial charge in [-0.05, 0) is 36.8 Å². The number of hydrogen-bond donors (Lipinski definition) is 2. The van der Waals surface area contributed by atoms with Crippen molar-refractivity contribution < 1.29 is 28.2 Å². The molecule has 4 aromatic heterocycles. The van der Waals surface area contributed by atoms with Crippen molar-refractivity contribution in [3.8, 4) is 0 Å². The maximum absolute atomic E-state index is 12.8. The highest BCUT2D eigenvalue weighted by atomic mass is 32.1. The minimum Gasteiger partial charge on any atom is -0.468 e. The first-order valence-electron chi connectivity index (χ1n) is 10.6. The van der Waals surface area contributed by atoms with Crippen molar-refractivity contribution in [1.29, 1.82) is 0 Å². The summed E-state index contributed by atoms with van der Waals surface area (Å²) in [5.41, 5.74) is 0.216. The number of rotatable bonds is 11. The van der Waals surface area contributed by atoms with Gasteiger partial charge in [-0.2, -0.15) is 0 Å². The smallest absolute Gasteiger partial charge is 0.348 e. The first kappa shape index (κ1) is 23.9. The van der Waals surface area contributed by atoms with Gasteiger partial charge in [0.05, 0.1) is 50.8 Å². The fraction of sp³-hybridized carbons (Fsp3) is 0.348. The van der Waals surface area contributed by atoms with Gasteiger partial charge >= 0.3 is 5.97 Å². The highest BCUT2D eigenvalue weighted by Gasteiger charge is 2.21. The number of furan rings is 2. The van der Waals surface area contributed by atoms with Crippen molar-refractivity contribution in [2.75, 3.05) is 20.3 Å². The number of aryl methyl sites for hydroxylation is 1. The number of hydrogen-bond acceptors (Lipinski definition) is 10. The molecule has 0 bridgehead atoms. The van der Waals surface area contributed by atoms with E-state index >= 15 is 0 Å². The number of nitrogens with one attached hydrogen (secondary N) is 1. The van der Waals surface area contributed by atoms with Gasteiger partial charge in [0, 0.05) is 6.54 Å². The summed E-state index contributed by atoms with van der Waals surface area (Å²) in [5.74, 6) is 1.28. The zero-order chi connectivity index (χ0) is 24.1. The first-order chi connectivity index (χ1) is 16.4. The van der Waals surface area contributed by atoms with Crippen LogP contribution in [0.2, 0.25) is 0 Å². The summed E-state index contributed by atoms with van der Waals surface area (Å²) in [6.45, 7) is 2.94. The summed E-state index contributed by atoms with van der Waals surface area (Å²) in [6.07, 6.45) is 2.34. The molecule has 0 saturated heterocycles. The molecule has 0 aliphatic carbocycles. The second-order valence-electron chi connectivity index (χ2n) is 7.74. The van der Waals surface area contributed by atoms with E-state index in [9.17, 15) is 14.7 Å². The minimum atomic E-state index is -0.796. The summed E-state index contributed by atoms with van der Waals surface area (Å²) in [6, 6.07) is 7.18. The van der Waals surface area contributed by atoms with Gasteiger partial charge in [-0.15, -0.1) is 11.3 Å². The largest absolute Gasteiger partial charge is 0.468 e. The van der Waals surface area contributed by atoms with Crippen LogP contribution in [0.15, 0.2) is 50.4 Å². The van der Waals surface area contributed by atoms with Gasteiger partial charge in [0.25, 0.3) is 5.56 Å². The summed E-state index contributed by atoms with van der Waals surface area (Å²) in [5, 5.41) is 10.9. The zero-order valence-corrected chi connectivity index (χ0v) is 19.6. The molecule has 0 amide bonds. The standard InChI is InChI=1S/C23H25N3O7S/c1-14-19-21(28)24-18(25-22(19)34-20(14)23(29)30-2)11-26(10-16-5-3-7-32-16)9-15(27)12-31-13-17-6-4-8-33-17/h3-8,15,27H,9-13H2,1-2H3,(H,24,25,28). The van der Waals surface area contributed by atoms with Crippen LogP contribution in [-0.4, -0.2) is 52.3 Å². The highest BCUT2D eigenvalue weighted by molar-refractivity contribution is 7.20. The molecule has 10 nitrogen and oxygen atoms in total. The second kappa shape index (κ2) is 10.8. The Morgan fingerprint density at radius 2 is 1.97 bits per heavy atom. The van der Waals surface area contributed by atoms with Gasteiger partial charge in [-0.1, -0.05) is 0 Å². The molecular formula is C23H25N3O7S. The molecule has 2 N–H and O–H groups in total. The normalized spacial score (nSPS) is 12.5. The maximum Gasteiger partial charge on any atom is 0.348 e. The van der Waals surface area contributed by atoms with E-state index in [4.69, 9.17) is 18.3 Å². The number of methoxy groups -OCH3 is 1. The molecule has 180 valence electrons. The lowest BCUT2D eigenvalue weighted by atomic mass is 10.2. The number of esters is 1. The van der Waals surface area contributed by atoms with Crippen molar-refractivity contribution >= 4 is 27.5 Å². The molecule has 0 aliphatic heterocycles. The van der Waals surface area contributed by atoms with Gasteiger partial charge in [0.15, 0.2) is 0 Å². The molecule has 0 aliphatic rings. The van der Waals surface area contributed by atoms with Crippen LogP contribution in [0.1, 0.15) is 32.6 Å². The van der Waals surface area contributed by atoms with E-state index in [0.29, 0.717) is 44.5 Å². The highest BCUT2D eigenvalue weighted by Crippen LogP contribution is 2.27. The Morgan fingerprint density at radius 3 is 2.65 bits per heavy atom. The Balaban J connectivity index is 1.49. The molecular weight excluding hydrogens is 462 g/mol. The lowest BCUT2D eigenvalue weighted by Gasteiger charge is -2.23. The molecule has 0 spiro atoms. The Hall–Kier alpha value is -3.25. The minimum absolute atomic E-state index is 0.102. The molecule has 11 heteroatoms. The predicted octanol–water partition coefficient (Wildman–Crippen LogP) is 2.85. The van der Waals surface area contributed by atoms with Crippen molar-refractivity contribution in [1.82, 2.24) is 14.9 Å². The summed E-state index contributed by atoms with van der Waals surface area (Å²) in [4.78, 5) is 34.8. The van der Waals surface area contributed by atoms with Gasteiger partial charge < -0.3 is 28.4 Å². The number of fused-ring (bicyclic) bond motifs is 1. The van der Waals surface area contributed by atoms with Crippen molar-refractivity contribution in [2.24, 2.45) is 0 Å². The Labute approximate surface area is 198 Å². The average Bonchev–Trinajstić information content (AvgIpc) is 3.56. The van der Waals surface area contributed by atoms with Crippen LogP contribution in [0, 0.1) is 6.92 Å². The quantitative estimate of drug-likeness (QED) is 0.307. The van der Waals surface area contributed by atoms with Gasteiger partial charge in [-0.3, -0.25) is 9.69 Å². The molecule has 0 radical (unpaired) electrons. The lowest BCUT2D eigenvalue weighted by molar-refractivity contribution is 0.00125. The summed E-state index contributed by atoms with van der Waals surface area (Å²) < 4.78 is 21.0. The van der Waals surface area contributed by atoms with E-state index in [1.165, 1.54) is 7.11 Å². The summed E-state index contributed by atoms with van der Waals surface area (Å²) in [7, 11) is 1.30. The van der Waals surface area contributed by atoms with E-state index in [1.54, 1.807) is 37.6 Å². The van der Waals surface area contributed by atoms with E-state index < -0.39 is 12.1 Å². The number of thiophene rings is 1. The van der Waals surface area contributed by atoms with Gasteiger partial charge in [0.1, 0.15) is 33.7 Å². The Kier molecular flexibility index (Phi) is 7.58. The van der Waals surface area contributed by atoms with Crippen molar-refractivity contribution in [3.05, 3.63) is 74.9 Å². The molecule has 1 unspecified atom stereocenters. The second-order valence-corrected chi connectivity index (χ2v) is 8.74. The Bertz CT molecular complexity index is 1280. The van der Waals surface area contributed by atoms with Gasteiger partial charge in [0.2, 0.25) is 0 Å². The number of nitrogens with zero attached hydrogens (tertiary/aromatic N) is 2. The predicted molar refractivity (Wildman–Crippen MR) is 124 cm³/mol. The number of aliphatic hydroxyl groups is 1. The molecule has 4 heterocycles. The SMILES string of the molecule is COC(=O)c1sc2nc(CN(Cc3ccco3)CC(O)COCc3ccco3)[nH]c(=O)c2c1C. The molecule has 0 aromatic carbocycles. The van der Waals surface area contributed by atoms with Crippen LogP contribution in [0.3, 0.4) is 0 Å². The Morgan fingerprint density at radius 1 is 1.24 bits per heavy atom. The maximum atomic E-state index is 12.8. The molecule has 0 saturated carbocycles. The molecule has 0 fully saturated rings. The third-order valence-corrected chi connectivity index (χ3v) is 6.32. The third-order valence-electron chi connectivity index (χ3n) is 5.16. The number of aromatic amines is 1. The number of carbonyl (C=O) groups excluding carboxylic acids is 1. The van der Waals surface area contributed by atoms with Crippen LogP contribution >= 0.6 is 11.3 Å². The fourth-order valence-electron chi connectivity index (χ4n) is 3.61. The fourth-order valence-corrected chi connectivity index (χ4v) is 4.73. The van der Waals surface area contributed by atoms with Crippen molar-refractivity contribution in [2.45, 2.75) is 32.7 Å². The van der Waals surface area contributed by atoms with E-state index in [2.05, 4.69) is 9.97 Å². The molecule has 4 aromatic rings.